The maximum Gasteiger partial charge on any atom is 0.231 e. The molecule has 14 heavy (non-hydrogen) atoms. The Kier molecular flexibility index (Phi) is 4.07. The zero-order chi connectivity index (χ0) is 10.6. The fourth-order valence-corrected chi connectivity index (χ4v) is 1.24. The molecule has 0 saturated heterocycles. The van der Waals surface area contributed by atoms with Gasteiger partial charge in [-0.05, 0) is 20.4 Å². The number of nitrogens with zero attached hydrogens (tertiary/aromatic N) is 2. The molecule has 4 nitrogen and oxygen atoms in total. The lowest BCUT2D eigenvalue weighted by Crippen LogP contribution is -2.27. The fourth-order valence-electron chi connectivity index (χ4n) is 1.24. The van der Waals surface area contributed by atoms with Crippen molar-refractivity contribution in [3.63, 3.8) is 0 Å². The van der Waals surface area contributed by atoms with E-state index in [0.29, 0.717) is 6.04 Å². The number of hydrogen-bond acceptors (Lipinski definition) is 4. The van der Waals surface area contributed by atoms with Crippen molar-refractivity contribution >= 4 is 0 Å². The molecule has 1 rings (SSSR count). The molecule has 0 aliphatic carbocycles. The van der Waals surface area contributed by atoms with Crippen LogP contribution in [-0.4, -0.2) is 23.2 Å². The Morgan fingerprint density at radius 2 is 2.14 bits per heavy atom. The molecule has 2 unspecified atom stereocenters. The number of likely N-dealkylation sites (N-methyl/N-ethyl adjacent to an activating group) is 1. The third kappa shape index (κ3) is 2.54. The van der Waals surface area contributed by atoms with Gasteiger partial charge in [-0.1, -0.05) is 19.0 Å². The smallest absolute Gasteiger partial charge is 0.231 e. The van der Waals surface area contributed by atoms with Crippen LogP contribution in [-0.2, 0) is 6.42 Å². The van der Waals surface area contributed by atoms with Crippen LogP contribution >= 0.6 is 0 Å². The average molecular weight is 197 g/mol. The molecule has 0 aromatic carbocycles. The van der Waals surface area contributed by atoms with Crippen LogP contribution in [0.5, 0.6) is 0 Å². The Bertz CT molecular complexity index is 272. The van der Waals surface area contributed by atoms with Gasteiger partial charge in [-0.25, -0.2) is 0 Å². The summed E-state index contributed by atoms with van der Waals surface area (Å²) in [5, 5.41) is 7.11. The van der Waals surface area contributed by atoms with Gasteiger partial charge in [0.15, 0.2) is 5.82 Å². The molecule has 0 spiro atoms. The van der Waals surface area contributed by atoms with E-state index in [1.54, 1.807) is 0 Å². The molecule has 1 aromatic rings. The molecule has 0 amide bonds. The Labute approximate surface area is 85.1 Å². The lowest BCUT2D eigenvalue weighted by Gasteiger charge is -2.14. The van der Waals surface area contributed by atoms with Crippen LogP contribution in [0.25, 0.3) is 0 Å². The first kappa shape index (κ1) is 11.2. The summed E-state index contributed by atoms with van der Waals surface area (Å²) in [5.74, 6) is 1.81. The van der Waals surface area contributed by atoms with Gasteiger partial charge in [0.05, 0.1) is 5.92 Å². The normalized spacial score (nSPS) is 15.4. The number of aryl methyl sites for hydroxylation is 1. The molecule has 0 fully saturated rings. The van der Waals surface area contributed by atoms with E-state index < -0.39 is 0 Å². The zero-order valence-corrected chi connectivity index (χ0v) is 9.37. The van der Waals surface area contributed by atoms with Crippen molar-refractivity contribution in [1.82, 2.24) is 15.5 Å². The molecular formula is C10H19N3O. The summed E-state index contributed by atoms with van der Waals surface area (Å²) in [4.78, 5) is 4.35. The van der Waals surface area contributed by atoms with Crippen LogP contribution in [0.4, 0.5) is 0 Å². The highest BCUT2D eigenvalue weighted by molar-refractivity contribution is 4.96. The number of rotatable bonds is 5. The van der Waals surface area contributed by atoms with Gasteiger partial charge in [-0.2, -0.15) is 4.98 Å². The van der Waals surface area contributed by atoms with E-state index in [-0.39, 0.29) is 5.92 Å². The molecule has 0 aliphatic heterocycles. The molecule has 0 saturated carbocycles. The molecule has 0 aliphatic rings. The van der Waals surface area contributed by atoms with Gasteiger partial charge in [0.2, 0.25) is 5.89 Å². The largest absolute Gasteiger partial charge is 0.339 e. The van der Waals surface area contributed by atoms with Crippen molar-refractivity contribution in [3.05, 3.63) is 11.7 Å². The maximum atomic E-state index is 5.20. The minimum absolute atomic E-state index is 0.262. The Morgan fingerprint density at radius 3 is 2.71 bits per heavy atom. The molecule has 0 radical (unpaired) electrons. The summed E-state index contributed by atoms with van der Waals surface area (Å²) in [6, 6.07) is 0.352. The summed E-state index contributed by atoms with van der Waals surface area (Å²) >= 11 is 0. The molecule has 1 aromatic heterocycles. The van der Waals surface area contributed by atoms with Gasteiger partial charge >= 0.3 is 0 Å². The molecular weight excluding hydrogens is 178 g/mol. The molecule has 80 valence electrons. The third-order valence-corrected chi connectivity index (χ3v) is 2.55. The minimum atomic E-state index is 0.262. The average Bonchev–Trinajstić information content (AvgIpc) is 2.64. The van der Waals surface area contributed by atoms with Crippen LogP contribution in [0.2, 0.25) is 0 Å². The predicted molar refractivity (Wildman–Crippen MR) is 55.2 cm³/mol. The van der Waals surface area contributed by atoms with Crippen molar-refractivity contribution in [1.29, 1.82) is 0 Å². The third-order valence-electron chi connectivity index (χ3n) is 2.55. The van der Waals surface area contributed by atoms with Gasteiger partial charge in [-0.15, -0.1) is 0 Å². The van der Waals surface area contributed by atoms with Crippen LogP contribution in [0.3, 0.4) is 0 Å². The topological polar surface area (TPSA) is 51.0 Å². The molecule has 0 bridgehead atoms. The maximum absolute atomic E-state index is 5.20. The fraction of sp³-hybridized carbons (Fsp3) is 0.800. The van der Waals surface area contributed by atoms with Gasteiger partial charge in [0.1, 0.15) is 0 Å². The van der Waals surface area contributed by atoms with Crippen LogP contribution in [0.15, 0.2) is 4.52 Å². The SMILES string of the molecule is CCCc1noc(C(C)C(C)NC)n1. The van der Waals surface area contributed by atoms with Gasteiger partial charge in [0, 0.05) is 12.5 Å². The second kappa shape index (κ2) is 5.10. The second-order valence-electron chi connectivity index (χ2n) is 3.66. The number of aromatic nitrogens is 2. The first-order chi connectivity index (χ1) is 6.69. The summed E-state index contributed by atoms with van der Waals surface area (Å²) in [6.07, 6.45) is 1.94. The van der Waals surface area contributed by atoms with Crippen LogP contribution in [0.1, 0.15) is 44.8 Å². The van der Waals surface area contributed by atoms with Crippen molar-refractivity contribution in [2.45, 2.75) is 45.6 Å². The highest BCUT2D eigenvalue weighted by atomic mass is 16.5. The van der Waals surface area contributed by atoms with E-state index in [1.807, 2.05) is 7.05 Å². The lowest BCUT2D eigenvalue weighted by molar-refractivity contribution is 0.333. The van der Waals surface area contributed by atoms with Crippen molar-refractivity contribution in [2.75, 3.05) is 7.05 Å². The number of nitrogens with one attached hydrogen (secondary N) is 1. The predicted octanol–water partition coefficient (Wildman–Crippen LogP) is 1.73. The van der Waals surface area contributed by atoms with Gasteiger partial charge < -0.3 is 9.84 Å². The standard InChI is InChI=1S/C10H19N3O/c1-5-6-9-12-10(14-13-9)7(2)8(3)11-4/h7-8,11H,5-6H2,1-4H3. The number of hydrogen-bond donors (Lipinski definition) is 1. The molecule has 2 atom stereocenters. The van der Waals surface area contributed by atoms with E-state index in [0.717, 1.165) is 24.6 Å². The lowest BCUT2D eigenvalue weighted by atomic mass is 10.0. The molecule has 1 heterocycles. The van der Waals surface area contributed by atoms with Crippen molar-refractivity contribution < 1.29 is 4.52 Å². The van der Waals surface area contributed by atoms with Crippen molar-refractivity contribution in [3.8, 4) is 0 Å². The summed E-state index contributed by atoms with van der Waals surface area (Å²) in [7, 11) is 1.94. The second-order valence-corrected chi connectivity index (χ2v) is 3.66. The molecule has 1 N–H and O–H groups in total. The van der Waals surface area contributed by atoms with Gasteiger partial charge in [0.25, 0.3) is 0 Å². The van der Waals surface area contributed by atoms with E-state index >= 15 is 0 Å². The summed E-state index contributed by atoms with van der Waals surface area (Å²) in [5.41, 5.74) is 0. The van der Waals surface area contributed by atoms with Gasteiger partial charge in [-0.3, -0.25) is 0 Å². The Hall–Kier alpha value is -0.900. The Morgan fingerprint density at radius 1 is 1.43 bits per heavy atom. The van der Waals surface area contributed by atoms with Crippen LogP contribution in [0, 0.1) is 0 Å². The highest BCUT2D eigenvalue weighted by Crippen LogP contribution is 2.16. The Balaban J connectivity index is 2.65. The van der Waals surface area contributed by atoms with E-state index in [2.05, 4.69) is 36.2 Å². The van der Waals surface area contributed by atoms with E-state index in [4.69, 9.17) is 4.52 Å². The zero-order valence-electron chi connectivity index (χ0n) is 9.37. The van der Waals surface area contributed by atoms with E-state index in [9.17, 15) is 0 Å². The van der Waals surface area contributed by atoms with Crippen LogP contribution < -0.4 is 5.32 Å². The summed E-state index contributed by atoms with van der Waals surface area (Å²) in [6.45, 7) is 6.30. The first-order valence-corrected chi connectivity index (χ1v) is 5.18. The monoisotopic (exact) mass is 197 g/mol. The first-order valence-electron chi connectivity index (χ1n) is 5.18. The van der Waals surface area contributed by atoms with E-state index in [1.165, 1.54) is 0 Å². The highest BCUT2D eigenvalue weighted by Gasteiger charge is 2.18. The summed E-state index contributed by atoms with van der Waals surface area (Å²) < 4.78 is 5.20. The minimum Gasteiger partial charge on any atom is -0.339 e. The molecule has 4 heteroatoms. The quantitative estimate of drug-likeness (QED) is 0.781. The van der Waals surface area contributed by atoms with Crippen molar-refractivity contribution in [2.24, 2.45) is 0 Å².